The molecule has 0 aliphatic carbocycles. The van der Waals surface area contributed by atoms with Crippen LogP contribution >= 0.6 is 11.6 Å². The topological polar surface area (TPSA) is 39.1 Å². The van der Waals surface area contributed by atoms with E-state index in [1.165, 1.54) is 12.1 Å². The smallest absolute Gasteiger partial charge is 0.383 e. The largest absolute Gasteiger partial charge is 0.417 e. The third-order valence-corrected chi connectivity index (χ3v) is 3.11. The van der Waals surface area contributed by atoms with Crippen LogP contribution in [0.3, 0.4) is 0 Å². The summed E-state index contributed by atoms with van der Waals surface area (Å²) < 4.78 is 45.1. The summed E-state index contributed by atoms with van der Waals surface area (Å²) in [6.07, 6.45) is -1.24. The number of imidazole rings is 1. The van der Waals surface area contributed by atoms with E-state index in [2.05, 4.69) is 10.3 Å². The maximum atomic E-state index is 12.8. The van der Waals surface area contributed by atoms with E-state index in [4.69, 9.17) is 16.3 Å². The van der Waals surface area contributed by atoms with E-state index >= 15 is 0 Å². The molecular weight excluding hydrogens is 307 g/mol. The van der Waals surface area contributed by atoms with Crippen molar-refractivity contribution in [1.82, 2.24) is 9.55 Å². The number of anilines is 2. The SMILES string of the molecule is COCCn1ccnc1Nc1ccc(Cl)c(C(F)(F)F)c1. The van der Waals surface area contributed by atoms with Gasteiger partial charge in [0.25, 0.3) is 0 Å². The van der Waals surface area contributed by atoms with Crippen molar-refractivity contribution in [2.45, 2.75) is 12.7 Å². The molecule has 8 heteroatoms. The number of halogens is 4. The second-order valence-corrected chi connectivity index (χ2v) is 4.66. The summed E-state index contributed by atoms with van der Waals surface area (Å²) in [4.78, 5) is 4.06. The molecule has 114 valence electrons. The lowest BCUT2D eigenvalue weighted by atomic mass is 10.2. The number of methoxy groups -OCH3 is 1. The van der Waals surface area contributed by atoms with Crippen LogP contribution in [0.4, 0.5) is 24.8 Å². The summed E-state index contributed by atoms with van der Waals surface area (Å²) >= 11 is 5.58. The highest BCUT2D eigenvalue weighted by molar-refractivity contribution is 6.31. The van der Waals surface area contributed by atoms with Crippen LogP contribution in [0.2, 0.25) is 5.02 Å². The molecule has 1 aromatic heterocycles. The number of rotatable bonds is 5. The van der Waals surface area contributed by atoms with Crippen LogP contribution in [0.25, 0.3) is 0 Å². The molecule has 1 heterocycles. The van der Waals surface area contributed by atoms with E-state index in [0.717, 1.165) is 6.07 Å². The Morgan fingerprint density at radius 3 is 2.81 bits per heavy atom. The molecule has 0 unspecified atom stereocenters. The second kappa shape index (κ2) is 6.36. The number of aromatic nitrogens is 2. The molecule has 4 nitrogen and oxygen atoms in total. The highest BCUT2D eigenvalue weighted by Crippen LogP contribution is 2.36. The van der Waals surface area contributed by atoms with Crippen LogP contribution in [-0.2, 0) is 17.5 Å². The summed E-state index contributed by atoms with van der Waals surface area (Å²) in [7, 11) is 1.57. The Kier molecular flexibility index (Phi) is 4.74. The third kappa shape index (κ3) is 3.89. The first-order valence-electron chi connectivity index (χ1n) is 6.05. The van der Waals surface area contributed by atoms with Crippen LogP contribution in [-0.4, -0.2) is 23.3 Å². The molecule has 0 aliphatic rings. The summed E-state index contributed by atoms with van der Waals surface area (Å²) in [6.45, 7) is 1.01. The molecular formula is C13H13ClF3N3O. The summed E-state index contributed by atoms with van der Waals surface area (Å²) in [5.74, 6) is 0.433. The quantitative estimate of drug-likeness (QED) is 0.907. The average Bonchev–Trinajstić information content (AvgIpc) is 2.84. The van der Waals surface area contributed by atoms with Gasteiger partial charge in [0.2, 0.25) is 5.95 Å². The van der Waals surface area contributed by atoms with E-state index in [1.807, 2.05) is 0 Å². The van der Waals surface area contributed by atoms with Gasteiger partial charge in [-0.2, -0.15) is 13.2 Å². The number of nitrogens with zero attached hydrogens (tertiary/aromatic N) is 2. The van der Waals surface area contributed by atoms with Gasteiger partial charge in [-0.15, -0.1) is 0 Å². The van der Waals surface area contributed by atoms with E-state index in [-0.39, 0.29) is 10.7 Å². The maximum absolute atomic E-state index is 12.8. The van der Waals surface area contributed by atoms with Crippen molar-refractivity contribution in [3.63, 3.8) is 0 Å². The molecule has 1 aromatic carbocycles. The van der Waals surface area contributed by atoms with Crippen molar-refractivity contribution in [1.29, 1.82) is 0 Å². The van der Waals surface area contributed by atoms with Crippen LogP contribution in [0.5, 0.6) is 0 Å². The second-order valence-electron chi connectivity index (χ2n) is 4.25. The van der Waals surface area contributed by atoms with Gasteiger partial charge in [0.1, 0.15) is 0 Å². The molecule has 0 radical (unpaired) electrons. The van der Waals surface area contributed by atoms with Crippen molar-refractivity contribution < 1.29 is 17.9 Å². The van der Waals surface area contributed by atoms with Gasteiger partial charge < -0.3 is 14.6 Å². The number of hydrogen-bond donors (Lipinski definition) is 1. The van der Waals surface area contributed by atoms with Crippen molar-refractivity contribution >= 4 is 23.2 Å². The zero-order valence-electron chi connectivity index (χ0n) is 11.1. The summed E-state index contributed by atoms with van der Waals surface area (Å²) in [6, 6.07) is 3.62. The first kappa shape index (κ1) is 15.7. The first-order chi connectivity index (χ1) is 9.91. The van der Waals surface area contributed by atoms with Gasteiger partial charge in [0.05, 0.1) is 17.2 Å². The van der Waals surface area contributed by atoms with Crippen molar-refractivity contribution in [2.24, 2.45) is 0 Å². The summed E-state index contributed by atoms with van der Waals surface area (Å²) in [5, 5.41) is 2.50. The van der Waals surface area contributed by atoms with Crippen molar-refractivity contribution in [3.8, 4) is 0 Å². The Labute approximate surface area is 124 Å². The third-order valence-electron chi connectivity index (χ3n) is 2.78. The zero-order chi connectivity index (χ0) is 15.5. The van der Waals surface area contributed by atoms with Crippen molar-refractivity contribution in [2.75, 3.05) is 19.0 Å². The highest BCUT2D eigenvalue weighted by Gasteiger charge is 2.33. The molecule has 1 N–H and O–H groups in total. The normalized spacial score (nSPS) is 11.7. The molecule has 21 heavy (non-hydrogen) atoms. The highest BCUT2D eigenvalue weighted by atomic mass is 35.5. The predicted molar refractivity (Wildman–Crippen MR) is 73.8 cm³/mol. The van der Waals surface area contributed by atoms with E-state index in [0.29, 0.717) is 19.1 Å². The fourth-order valence-electron chi connectivity index (χ4n) is 1.75. The molecule has 0 amide bonds. The number of nitrogens with one attached hydrogen (secondary N) is 1. The van der Waals surface area contributed by atoms with Crippen LogP contribution in [0.15, 0.2) is 30.6 Å². The summed E-state index contributed by atoms with van der Waals surface area (Å²) in [5.41, 5.74) is -0.624. The fourth-order valence-corrected chi connectivity index (χ4v) is 1.98. The average molecular weight is 320 g/mol. The Morgan fingerprint density at radius 2 is 2.14 bits per heavy atom. The van der Waals surface area contributed by atoms with E-state index < -0.39 is 11.7 Å². The lowest BCUT2D eigenvalue weighted by Crippen LogP contribution is -2.09. The number of benzene rings is 1. The number of hydrogen-bond acceptors (Lipinski definition) is 3. The Bertz CT molecular complexity index is 613. The Morgan fingerprint density at radius 1 is 1.38 bits per heavy atom. The molecule has 0 spiro atoms. The molecule has 2 rings (SSSR count). The molecule has 2 aromatic rings. The standard InChI is InChI=1S/C13H13ClF3N3O/c1-21-7-6-20-5-4-18-12(20)19-9-2-3-11(14)10(8-9)13(15,16)17/h2-5,8H,6-7H2,1H3,(H,18,19). The van der Waals surface area contributed by atoms with Gasteiger partial charge in [-0.3, -0.25) is 0 Å². The van der Waals surface area contributed by atoms with Crippen LogP contribution in [0.1, 0.15) is 5.56 Å². The number of ether oxygens (including phenoxy) is 1. The maximum Gasteiger partial charge on any atom is 0.417 e. The Balaban J connectivity index is 2.22. The Hall–Kier alpha value is -1.73. The fraction of sp³-hybridized carbons (Fsp3) is 0.308. The molecule has 0 fully saturated rings. The minimum absolute atomic E-state index is 0.261. The van der Waals surface area contributed by atoms with Crippen LogP contribution < -0.4 is 5.32 Å². The minimum atomic E-state index is -4.50. The van der Waals surface area contributed by atoms with Gasteiger partial charge >= 0.3 is 6.18 Å². The van der Waals surface area contributed by atoms with E-state index in [9.17, 15) is 13.2 Å². The lowest BCUT2D eigenvalue weighted by molar-refractivity contribution is -0.137. The van der Waals surface area contributed by atoms with Crippen LogP contribution in [0, 0.1) is 0 Å². The molecule has 0 aliphatic heterocycles. The van der Waals surface area contributed by atoms with Gasteiger partial charge in [0, 0.05) is 31.7 Å². The van der Waals surface area contributed by atoms with Gasteiger partial charge in [-0.25, -0.2) is 4.98 Å². The molecule has 0 saturated carbocycles. The van der Waals surface area contributed by atoms with Gasteiger partial charge in [-0.1, -0.05) is 11.6 Å². The van der Waals surface area contributed by atoms with E-state index in [1.54, 1.807) is 24.1 Å². The van der Waals surface area contributed by atoms with Crippen molar-refractivity contribution in [3.05, 3.63) is 41.2 Å². The molecule has 0 saturated heterocycles. The van der Waals surface area contributed by atoms with Gasteiger partial charge in [-0.05, 0) is 18.2 Å². The first-order valence-corrected chi connectivity index (χ1v) is 6.43. The number of alkyl halides is 3. The zero-order valence-corrected chi connectivity index (χ0v) is 11.9. The minimum Gasteiger partial charge on any atom is -0.383 e. The molecule has 0 atom stereocenters. The monoisotopic (exact) mass is 319 g/mol. The van der Waals surface area contributed by atoms with Gasteiger partial charge in [0.15, 0.2) is 0 Å². The lowest BCUT2D eigenvalue weighted by Gasteiger charge is -2.13. The molecule has 0 bridgehead atoms. The predicted octanol–water partition coefficient (Wildman–Crippen LogP) is 3.95.